The van der Waals surface area contributed by atoms with E-state index in [1.807, 2.05) is 30.3 Å². The van der Waals surface area contributed by atoms with Crippen LogP contribution in [0.3, 0.4) is 0 Å². The van der Waals surface area contributed by atoms with E-state index in [1.165, 1.54) is 11.1 Å². The molecular formula is C39H42N4O7. The van der Waals surface area contributed by atoms with Gasteiger partial charge in [0.1, 0.15) is 17.2 Å². The average molecular weight is 679 g/mol. The highest BCUT2D eigenvalue weighted by molar-refractivity contribution is 6.07. The van der Waals surface area contributed by atoms with Gasteiger partial charge in [0.05, 0.1) is 19.6 Å². The number of methoxy groups -OCH3 is 1. The maximum atomic E-state index is 13.8. The Balaban J connectivity index is 1.19. The van der Waals surface area contributed by atoms with Crippen molar-refractivity contribution in [1.29, 1.82) is 0 Å². The van der Waals surface area contributed by atoms with Gasteiger partial charge >= 0.3 is 18.1 Å². The lowest BCUT2D eigenvalue weighted by molar-refractivity contribution is -0.166. The van der Waals surface area contributed by atoms with Gasteiger partial charge in [0, 0.05) is 25.2 Å². The van der Waals surface area contributed by atoms with E-state index >= 15 is 0 Å². The van der Waals surface area contributed by atoms with Gasteiger partial charge in [-0.2, -0.15) is 0 Å². The van der Waals surface area contributed by atoms with Crippen molar-refractivity contribution in [3.8, 4) is 5.75 Å². The zero-order valence-corrected chi connectivity index (χ0v) is 28.7. The van der Waals surface area contributed by atoms with Crippen molar-refractivity contribution < 1.29 is 33.8 Å². The van der Waals surface area contributed by atoms with E-state index < -0.39 is 41.6 Å². The molecule has 11 heteroatoms. The summed E-state index contributed by atoms with van der Waals surface area (Å²) in [7, 11) is 1.57. The van der Waals surface area contributed by atoms with Crippen molar-refractivity contribution in [2.24, 2.45) is 5.92 Å². The first-order valence-electron chi connectivity index (χ1n) is 16.8. The third kappa shape index (κ3) is 7.27. The molecular weight excluding hydrogens is 636 g/mol. The number of aliphatic carboxylic acids is 1. The lowest BCUT2D eigenvalue weighted by atomic mass is 9.82. The fourth-order valence-corrected chi connectivity index (χ4v) is 6.87. The minimum atomic E-state index is -1.31. The molecule has 50 heavy (non-hydrogen) atoms. The van der Waals surface area contributed by atoms with Crippen LogP contribution in [0.4, 0.5) is 15.4 Å². The molecule has 4 amide bonds. The number of ether oxygens (including phenoxy) is 2. The summed E-state index contributed by atoms with van der Waals surface area (Å²) < 4.78 is 10.9. The Kier molecular flexibility index (Phi) is 9.76. The predicted octanol–water partition coefficient (Wildman–Crippen LogP) is 6.64. The number of β-lactam (4-membered cyclic amide) rings is 1. The molecule has 2 aliphatic rings. The van der Waals surface area contributed by atoms with E-state index in [0.29, 0.717) is 24.4 Å². The summed E-state index contributed by atoms with van der Waals surface area (Å²) in [4.78, 5) is 61.6. The Hall–Kier alpha value is -5.45. The minimum Gasteiger partial charge on any atom is -0.497 e. The number of rotatable bonds is 8. The highest BCUT2D eigenvalue weighted by atomic mass is 16.6. The second-order valence-corrected chi connectivity index (χ2v) is 13.9. The van der Waals surface area contributed by atoms with Crippen molar-refractivity contribution in [2.75, 3.05) is 25.1 Å². The first kappa shape index (κ1) is 34.4. The minimum absolute atomic E-state index is 0.0540. The molecule has 4 aromatic rings. The van der Waals surface area contributed by atoms with Crippen molar-refractivity contribution >= 4 is 40.6 Å². The Morgan fingerprint density at radius 3 is 2.44 bits per heavy atom. The second kappa shape index (κ2) is 14.2. The van der Waals surface area contributed by atoms with Gasteiger partial charge in [-0.1, -0.05) is 54.6 Å². The SMILES string of the molecule is COc1ccc(CN(C(=O)OC(C)(C)C)c2cc(C[C@H]3C(=O)N(C(=O)N4CCCC(c5cccc6ccccc56)C4)[C@@H]3C(=O)O)ccn2)cc1. The maximum Gasteiger partial charge on any atom is 0.416 e. The van der Waals surface area contributed by atoms with Gasteiger partial charge in [-0.05, 0) is 91.8 Å². The number of piperidine rings is 1. The van der Waals surface area contributed by atoms with Crippen LogP contribution in [0, 0.1) is 5.92 Å². The van der Waals surface area contributed by atoms with Gasteiger partial charge < -0.3 is 19.5 Å². The van der Waals surface area contributed by atoms with E-state index in [2.05, 4.69) is 29.2 Å². The molecule has 11 nitrogen and oxygen atoms in total. The molecule has 0 spiro atoms. The van der Waals surface area contributed by atoms with Crippen LogP contribution in [0.1, 0.15) is 56.2 Å². The molecule has 0 radical (unpaired) electrons. The van der Waals surface area contributed by atoms with Gasteiger partial charge in [0.15, 0.2) is 6.04 Å². The number of carbonyl (C=O) groups is 4. The number of hydrogen-bond acceptors (Lipinski definition) is 7. The Morgan fingerprint density at radius 1 is 0.980 bits per heavy atom. The zero-order chi connectivity index (χ0) is 35.6. The third-order valence-corrected chi connectivity index (χ3v) is 9.28. The summed E-state index contributed by atoms with van der Waals surface area (Å²) in [6.07, 6.45) is 2.59. The molecule has 2 saturated heterocycles. The predicted molar refractivity (Wildman–Crippen MR) is 188 cm³/mol. The number of urea groups is 1. The molecule has 3 atom stereocenters. The number of carboxylic acid groups (broad SMARTS) is 1. The molecule has 2 aliphatic heterocycles. The number of imide groups is 1. The first-order valence-corrected chi connectivity index (χ1v) is 16.8. The molecule has 260 valence electrons. The zero-order valence-electron chi connectivity index (χ0n) is 28.7. The molecule has 1 aromatic heterocycles. The fraction of sp³-hybridized carbons (Fsp3) is 0.359. The summed E-state index contributed by atoms with van der Waals surface area (Å²) in [5, 5.41) is 12.5. The van der Waals surface area contributed by atoms with Crippen LogP contribution < -0.4 is 9.64 Å². The normalized spacial score (nSPS) is 19.1. The standard InChI is InChI=1S/C39H42N4O7/c1-39(2,3)50-38(48)42(23-25-14-16-29(49-4)17-15-25)33-22-26(18-19-40-33)21-32-34(36(45)46)43(35(32)44)37(47)41-20-8-11-28(24-41)31-13-7-10-27-9-5-6-12-30(27)31/h5-7,9-10,12-19,22,28,32,34H,8,11,20-21,23-24H2,1-4H3,(H,45,46)/t28?,32-,34+/m1/s1. The average Bonchev–Trinajstić information content (AvgIpc) is 3.10. The number of carboxylic acids is 1. The number of pyridine rings is 1. The number of benzene rings is 3. The van der Waals surface area contributed by atoms with Crippen LogP contribution in [0.25, 0.3) is 10.8 Å². The molecule has 0 bridgehead atoms. The Labute approximate surface area is 291 Å². The van der Waals surface area contributed by atoms with Crippen molar-refractivity contribution in [3.63, 3.8) is 0 Å². The topological polar surface area (TPSA) is 130 Å². The molecule has 3 aromatic carbocycles. The summed E-state index contributed by atoms with van der Waals surface area (Å²) in [6.45, 7) is 6.31. The van der Waals surface area contributed by atoms with Crippen LogP contribution in [-0.4, -0.2) is 75.7 Å². The number of anilines is 1. The number of aromatic nitrogens is 1. The smallest absolute Gasteiger partial charge is 0.416 e. The number of amides is 4. The molecule has 0 aliphatic carbocycles. The number of fused-ring (bicyclic) bond motifs is 1. The summed E-state index contributed by atoms with van der Waals surface area (Å²) in [5.74, 6) is -1.71. The van der Waals surface area contributed by atoms with Crippen molar-refractivity contribution in [1.82, 2.24) is 14.8 Å². The largest absolute Gasteiger partial charge is 0.497 e. The Morgan fingerprint density at radius 2 is 1.72 bits per heavy atom. The van der Waals surface area contributed by atoms with E-state index in [4.69, 9.17) is 9.47 Å². The van der Waals surface area contributed by atoms with Crippen LogP contribution in [0.5, 0.6) is 5.75 Å². The van der Waals surface area contributed by atoms with E-state index in [1.54, 1.807) is 57.0 Å². The second-order valence-electron chi connectivity index (χ2n) is 13.9. The number of nitrogens with zero attached hydrogens (tertiary/aromatic N) is 4. The highest BCUT2D eigenvalue weighted by Gasteiger charge is 2.55. The highest BCUT2D eigenvalue weighted by Crippen LogP contribution is 2.36. The fourth-order valence-electron chi connectivity index (χ4n) is 6.87. The van der Waals surface area contributed by atoms with E-state index in [9.17, 15) is 24.3 Å². The van der Waals surface area contributed by atoms with Gasteiger partial charge in [-0.25, -0.2) is 24.3 Å². The van der Waals surface area contributed by atoms with Gasteiger partial charge in [-0.15, -0.1) is 0 Å². The van der Waals surface area contributed by atoms with Crippen LogP contribution in [-0.2, 0) is 27.3 Å². The lowest BCUT2D eigenvalue weighted by Gasteiger charge is -2.46. The number of likely N-dealkylation sites (tertiary alicyclic amines) is 2. The number of carbonyl (C=O) groups excluding carboxylic acids is 3. The summed E-state index contributed by atoms with van der Waals surface area (Å²) in [5.41, 5.74) is 1.78. The molecule has 1 N–H and O–H groups in total. The monoisotopic (exact) mass is 678 g/mol. The quantitative estimate of drug-likeness (QED) is 0.206. The molecule has 1 unspecified atom stereocenters. The lowest BCUT2D eigenvalue weighted by Crippen LogP contribution is -2.69. The third-order valence-electron chi connectivity index (χ3n) is 9.28. The van der Waals surface area contributed by atoms with Crippen LogP contribution >= 0.6 is 0 Å². The molecule has 6 rings (SSSR count). The first-order chi connectivity index (χ1) is 23.9. The van der Waals surface area contributed by atoms with Gasteiger partial charge in [0.25, 0.3) is 0 Å². The molecule has 2 fully saturated rings. The van der Waals surface area contributed by atoms with Crippen LogP contribution in [0.15, 0.2) is 85.1 Å². The number of hydrogen-bond donors (Lipinski definition) is 1. The van der Waals surface area contributed by atoms with Gasteiger partial charge in [-0.3, -0.25) is 9.69 Å². The molecule has 3 heterocycles. The molecule has 0 saturated carbocycles. The van der Waals surface area contributed by atoms with Crippen molar-refractivity contribution in [3.05, 3.63) is 102 Å². The summed E-state index contributed by atoms with van der Waals surface area (Å²) >= 11 is 0. The summed E-state index contributed by atoms with van der Waals surface area (Å²) in [6, 6.07) is 23.0. The van der Waals surface area contributed by atoms with Crippen LogP contribution in [0.2, 0.25) is 0 Å². The van der Waals surface area contributed by atoms with E-state index in [0.717, 1.165) is 39.6 Å². The van der Waals surface area contributed by atoms with Crippen molar-refractivity contribution in [2.45, 2.75) is 64.1 Å². The maximum absolute atomic E-state index is 13.8. The Bertz CT molecular complexity index is 1900. The van der Waals surface area contributed by atoms with Gasteiger partial charge in [0.2, 0.25) is 5.91 Å². The van der Waals surface area contributed by atoms with E-state index in [-0.39, 0.29) is 24.7 Å².